The number of fused-ring (bicyclic) bond motifs is 2. The van der Waals surface area contributed by atoms with Crippen LogP contribution in [0.1, 0.15) is 25.7 Å². The molecule has 2 fully saturated rings. The third-order valence-electron chi connectivity index (χ3n) is 4.16. The molecule has 18 heavy (non-hydrogen) atoms. The van der Waals surface area contributed by atoms with Crippen molar-refractivity contribution in [3.8, 4) is 0 Å². The van der Waals surface area contributed by atoms with Crippen molar-refractivity contribution in [3.63, 3.8) is 0 Å². The molecule has 0 radical (unpaired) electrons. The number of anilines is 1. The number of thiocarbonyl (C=S) groups is 1. The van der Waals surface area contributed by atoms with Gasteiger partial charge in [-0.3, -0.25) is 0 Å². The molecule has 4 heteroatoms. The monoisotopic (exact) mass is 280 g/mol. The maximum atomic E-state index is 5.85. The standard InChI is InChI=1S/C14H17ClN2S/c15-11-3-5-12(6-4-11)16-14(18)17-13-8-9-1-2-10(13)7-9/h3-6,9-10,13H,1-2,7-8H2,(H2,16,17,18)/t9-,10+,13+/m0/s1. The van der Waals surface area contributed by atoms with E-state index in [-0.39, 0.29) is 0 Å². The van der Waals surface area contributed by atoms with E-state index in [4.69, 9.17) is 23.8 Å². The minimum absolute atomic E-state index is 0.580. The fourth-order valence-corrected chi connectivity index (χ4v) is 3.69. The van der Waals surface area contributed by atoms with Crippen molar-refractivity contribution in [2.75, 3.05) is 5.32 Å². The van der Waals surface area contributed by atoms with Gasteiger partial charge in [-0.15, -0.1) is 0 Å². The van der Waals surface area contributed by atoms with Crippen LogP contribution in [0.4, 0.5) is 5.69 Å². The van der Waals surface area contributed by atoms with E-state index >= 15 is 0 Å². The van der Waals surface area contributed by atoms with Crippen LogP contribution in [0.2, 0.25) is 5.02 Å². The molecule has 1 aromatic rings. The molecule has 2 aliphatic carbocycles. The third-order valence-corrected chi connectivity index (χ3v) is 4.63. The zero-order chi connectivity index (χ0) is 12.5. The molecule has 0 saturated heterocycles. The second kappa shape index (κ2) is 5.06. The van der Waals surface area contributed by atoms with Crippen molar-refractivity contribution in [2.24, 2.45) is 11.8 Å². The Kier molecular flexibility index (Phi) is 3.44. The first-order chi connectivity index (χ1) is 8.70. The molecule has 0 spiro atoms. The van der Waals surface area contributed by atoms with Crippen LogP contribution in [-0.2, 0) is 0 Å². The molecule has 2 bridgehead atoms. The summed E-state index contributed by atoms with van der Waals surface area (Å²) in [5, 5.41) is 8.15. The van der Waals surface area contributed by atoms with E-state index < -0.39 is 0 Å². The molecule has 96 valence electrons. The van der Waals surface area contributed by atoms with E-state index in [9.17, 15) is 0 Å². The average molecular weight is 281 g/mol. The largest absolute Gasteiger partial charge is 0.359 e. The Balaban J connectivity index is 1.54. The summed E-state index contributed by atoms with van der Waals surface area (Å²) in [4.78, 5) is 0. The van der Waals surface area contributed by atoms with Gasteiger partial charge in [-0.05, 0) is 67.6 Å². The molecule has 0 heterocycles. The highest BCUT2D eigenvalue weighted by atomic mass is 35.5. The molecule has 1 aromatic carbocycles. The van der Waals surface area contributed by atoms with E-state index in [1.54, 1.807) is 0 Å². The van der Waals surface area contributed by atoms with Gasteiger partial charge in [-0.2, -0.15) is 0 Å². The van der Waals surface area contributed by atoms with E-state index in [2.05, 4.69) is 10.6 Å². The van der Waals surface area contributed by atoms with Gasteiger partial charge >= 0.3 is 0 Å². The fraction of sp³-hybridized carbons (Fsp3) is 0.500. The average Bonchev–Trinajstić information content (AvgIpc) is 2.94. The maximum Gasteiger partial charge on any atom is 0.171 e. The normalized spacial score (nSPS) is 29.3. The van der Waals surface area contributed by atoms with Crippen LogP contribution in [0.5, 0.6) is 0 Å². The first kappa shape index (κ1) is 12.2. The van der Waals surface area contributed by atoms with Gasteiger partial charge in [0.2, 0.25) is 0 Å². The Labute approximate surface area is 118 Å². The summed E-state index contributed by atoms with van der Waals surface area (Å²) in [7, 11) is 0. The number of rotatable bonds is 2. The second-order valence-electron chi connectivity index (χ2n) is 5.39. The van der Waals surface area contributed by atoms with E-state index in [1.165, 1.54) is 25.7 Å². The van der Waals surface area contributed by atoms with Crippen LogP contribution >= 0.6 is 23.8 Å². The molecule has 0 unspecified atom stereocenters. The smallest absolute Gasteiger partial charge is 0.171 e. The number of halogens is 1. The fourth-order valence-electron chi connectivity index (χ4n) is 3.29. The minimum Gasteiger partial charge on any atom is -0.359 e. The third kappa shape index (κ3) is 2.62. The highest BCUT2D eigenvalue weighted by Gasteiger charge is 2.39. The molecule has 2 aliphatic rings. The topological polar surface area (TPSA) is 24.1 Å². The van der Waals surface area contributed by atoms with E-state index in [0.717, 1.165) is 27.7 Å². The van der Waals surface area contributed by atoms with Crippen LogP contribution in [0, 0.1) is 11.8 Å². The summed E-state index contributed by atoms with van der Waals surface area (Å²) in [6, 6.07) is 8.19. The lowest BCUT2D eigenvalue weighted by molar-refractivity contribution is 0.392. The van der Waals surface area contributed by atoms with Gasteiger partial charge in [-0.1, -0.05) is 18.0 Å². The van der Waals surface area contributed by atoms with Crippen LogP contribution < -0.4 is 10.6 Å². The highest BCUT2D eigenvalue weighted by molar-refractivity contribution is 7.80. The number of benzene rings is 1. The van der Waals surface area contributed by atoms with Crippen molar-refractivity contribution < 1.29 is 0 Å². The Morgan fingerprint density at radius 2 is 1.94 bits per heavy atom. The van der Waals surface area contributed by atoms with Crippen molar-refractivity contribution in [1.82, 2.24) is 5.32 Å². The van der Waals surface area contributed by atoms with Crippen LogP contribution in [0.15, 0.2) is 24.3 Å². The second-order valence-corrected chi connectivity index (χ2v) is 6.23. The van der Waals surface area contributed by atoms with Crippen molar-refractivity contribution in [2.45, 2.75) is 31.7 Å². The summed E-state index contributed by atoms with van der Waals surface area (Å²) in [6.07, 6.45) is 5.46. The van der Waals surface area contributed by atoms with Gasteiger partial charge in [0, 0.05) is 16.8 Å². The van der Waals surface area contributed by atoms with Gasteiger partial charge in [0.05, 0.1) is 0 Å². The molecule has 2 nitrogen and oxygen atoms in total. The lowest BCUT2D eigenvalue weighted by Gasteiger charge is -2.24. The number of nitrogens with one attached hydrogen (secondary N) is 2. The summed E-state index contributed by atoms with van der Waals surface area (Å²) >= 11 is 11.2. The van der Waals surface area contributed by atoms with Crippen molar-refractivity contribution in [1.29, 1.82) is 0 Å². The van der Waals surface area contributed by atoms with Crippen molar-refractivity contribution in [3.05, 3.63) is 29.3 Å². The first-order valence-corrected chi connectivity index (χ1v) is 7.32. The Hall–Kier alpha value is -0.800. The summed E-state index contributed by atoms with van der Waals surface area (Å²) in [5.41, 5.74) is 0.986. The maximum absolute atomic E-state index is 5.85. The Bertz CT molecular complexity index is 446. The molecule has 0 amide bonds. The Morgan fingerprint density at radius 1 is 1.17 bits per heavy atom. The minimum atomic E-state index is 0.580. The van der Waals surface area contributed by atoms with Gasteiger partial charge < -0.3 is 10.6 Å². The predicted octanol–water partition coefficient (Wildman–Crippen LogP) is 3.82. The van der Waals surface area contributed by atoms with Gasteiger partial charge in [0.25, 0.3) is 0 Å². The Morgan fingerprint density at radius 3 is 2.56 bits per heavy atom. The molecule has 2 saturated carbocycles. The zero-order valence-corrected chi connectivity index (χ0v) is 11.7. The zero-order valence-electron chi connectivity index (χ0n) is 10.2. The van der Waals surface area contributed by atoms with Gasteiger partial charge in [0.1, 0.15) is 0 Å². The van der Waals surface area contributed by atoms with E-state index in [1.807, 2.05) is 24.3 Å². The number of hydrogen-bond acceptors (Lipinski definition) is 1. The summed E-state index contributed by atoms with van der Waals surface area (Å²) in [6.45, 7) is 0. The molecule has 3 rings (SSSR count). The molecular formula is C14H17ClN2S. The molecule has 0 aliphatic heterocycles. The van der Waals surface area contributed by atoms with Gasteiger partial charge in [-0.25, -0.2) is 0 Å². The van der Waals surface area contributed by atoms with Gasteiger partial charge in [0.15, 0.2) is 5.11 Å². The summed E-state index contributed by atoms with van der Waals surface area (Å²) < 4.78 is 0. The number of hydrogen-bond donors (Lipinski definition) is 2. The summed E-state index contributed by atoms with van der Waals surface area (Å²) in [5.74, 6) is 1.77. The molecule has 0 aromatic heterocycles. The van der Waals surface area contributed by atoms with Crippen LogP contribution in [0.3, 0.4) is 0 Å². The van der Waals surface area contributed by atoms with Crippen molar-refractivity contribution >= 4 is 34.6 Å². The highest BCUT2D eigenvalue weighted by Crippen LogP contribution is 2.44. The van der Waals surface area contributed by atoms with Crippen LogP contribution in [-0.4, -0.2) is 11.2 Å². The lowest BCUT2D eigenvalue weighted by atomic mass is 9.96. The van der Waals surface area contributed by atoms with Crippen LogP contribution in [0.25, 0.3) is 0 Å². The molecular weight excluding hydrogens is 264 g/mol. The predicted molar refractivity (Wildman–Crippen MR) is 80.0 cm³/mol. The van der Waals surface area contributed by atoms with E-state index in [0.29, 0.717) is 6.04 Å². The molecule has 2 N–H and O–H groups in total. The lowest BCUT2D eigenvalue weighted by Crippen LogP contribution is -2.40. The quantitative estimate of drug-likeness (QED) is 0.806. The SMILES string of the molecule is S=C(Nc1ccc(Cl)cc1)N[C@@H]1C[C@H]2CC[C@@H]1C2. The first-order valence-electron chi connectivity index (χ1n) is 6.54. The molecule has 3 atom stereocenters.